The van der Waals surface area contributed by atoms with Crippen LogP contribution in [0.2, 0.25) is 0 Å². The van der Waals surface area contributed by atoms with Gasteiger partial charge in [0.2, 0.25) is 5.66 Å². The zero-order valence-electron chi connectivity index (χ0n) is 31.6. The van der Waals surface area contributed by atoms with E-state index in [1.54, 1.807) is 37.3 Å². The SMILES string of the molecule is CC(CCc1ccc(OCCCc2cccc(OC(F)(F)F)c2)c(C(F)(F)F)c1)(CO[P+](=O)C(Cc1ccccc1)c1ccccc1)NC(=O)OCc1ccccc1. The molecule has 3 atom stereocenters. The molecule has 0 aliphatic heterocycles. The van der Waals surface area contributed by atoms with Gasteiger partial charge in [-0.25, -0.2) is 4.79 Å². The van der Waals surface area contributed by atoms with E-state index in [2.05, 4.69) is 10.1 Å². The van der Waals surface area contributed by atoms with Gasteiger partial charge >= 0.3 is 26.7 Å². The number of alkyl halides is 6. The Bertz CT molecular complexity index is 2070. The van der Waals surface area contributed by atoms with E-state index in [1.807, 2.05) is 66.7 Å². The third kappa shape index (κ3) is 14.2. The molecule has 1 amide bonds. The molecule has 0 bridgehead atoms. The van der Waals surface area contributed by atoms with E-state index in [9.17, 15) is 35.7 Å². The summed E-state index contributed by atoms with van der Waals surface area (Å²) in [6.07, 6.45) is -9.40. The lowest BCUT2D eigenvalue weighted by Gasteiger charge is -2.28. The van der Waals surface area contributed by atoms with Crippen LogP contribution >= 0.6 is 8.03 Å². The maximum Gasteiger partial charge on any atom is 0.573 e. The molecule has 0 saturated heterocycles. The Morgan fingerprint density at radius 3 is 2.00 bits per heavy atom. The summed E-state index contributed by atoms with van der Waals surface area (Å²) in [5, 5.41) is 2.81. The van der Waals surface area contributed by atoms with E-state index in [4.69, 9.17) is 14.0 Å². The Balaban J connectivity index is 1.27. The van der Waals surface area contributed by atoms with Crippen molar-refractivity contribution >= 4 is 14.1 Å². The molecule has 0 radical (unpaired) electrons. The minimum atomic E-state index is -4.85. The topological polar surface area (TPSA) is 83.1 Å². The van der Waals surface area contributed by atoms with Gasteiger partial charge in [-0.2, -0.15) is 13.2 Å². The summed E-state index contributed by atoms with van der Waals surface area (Å²) in [6.45, 7) is 1.25. The molecule has 0 spiro atoms. The molecule has 1 N–H and O–H groups in total. The molecular weight excluding hydrogens is 783 g/mol. The Morgan fingerprint density at radius 1 is 0.724 bits per heavy atom. The first-order valence-corrected chi connectivity index (χ1v) is 19.8. The minimum Gasteiger partial charge on any atom is -0.493 e. The summed E-state index contributed by atoms with van der Waals surface area (Å²) >= 11 is 0. The molecule has 5 rings (SSSR count). The highest BCUT2D eigenvalue weighted by molar-refractivity contribution is 7.39. The molecule has 0 saturated carbocycles. The number of alkyl carbamates (subject to hydrolysis) is 1. The number of ether oxygens (including phenoxy) is 3. The van der Waals surface area contributed by atoms with Crippen LogP contribution in [0, 0.1) is 0 Å². The van der Waals surface area contributed by atoms with Crippen LogP contribution in [0.1, 0.15) is 58.8 Å². The summed E-state index contributed by atoms with van der Waals surface area (Å²) < 4.78 is 116. The summed E-state index contributed by atoms with van der Waals surface area (Å²) in [4.78, 5) is 13.1. The van der Waals surface area contributed by atoms with Crippen LogP contribution in [0.3, 0.4) is 0 Å². The highest BCUT2D eigenvalue weighted by Crippen LogP contribution is 2.45. The Labute approximate surface area is 334 Å². The molecule has 0 aliphatic carbocycles. The number of carbonyl (C=O) groups is 1. The molecule has 5 aromatic carbocycles. The van der Waals surface area contributed by atoms with Crippen LogP contribution in [0.15, 0.2) is 133 Å². The van der Waals surface area contributed by atoms with Crippen molar-refractivity contribution < 1.29 is 54.4 Å². The van der Waals surface area contributed by atoms with Crippen molar-refractivity contribution in [1.82, 2.24) is 5.32 Å². The second-order valence-corrected chi connectivity index (χ2v) is 15.4. The van der Waals surface area contributed by atoms with Crippen LogP contribution in [-0.4, -0.2) is 31.2 Å². The molecule has 7 nitrogen and oxygen atoms in total. The number of carbonyl (C=O) groups excluding carboxylic acids is 1. The van der Waals surface area contributed by atoms with E-state index < -0.39 is 54.9 Å². The van der Waals surface area contributed by atoms with Gasteiger partial charge in [-0.1, -0.05) is 109 Å². The van der Waals surface area contributed by atoms with Crippen LogP contribution in [0.4, 0.5) is 31.1 Å². The van der Waals surface area contributed by atoms with Gasteiger partial charge in [-0.05, 0) is 83.7 Å². The molecule has 306 valence electrons. The second-order valence-electron chi connectivity index (χ2n) is 13.9. The summed E-state index contributed by atoms with van der Waals surface area (Å²) in [6, 6.07) is 36.8. The second kappa shape index (κ2) is 20.3. The molecule has 3 unspecified atom stereocenters. The van der Waals surface area contributed by atoms with Gasteiger partial charge in [0.25, 0.3) is 0 Å². The molecule has 58 heavy (non-hydrogen) atoms. The van der Waals surface area contributed by atoms with Crippen molar-refractivity contribution in [3.63, 3.8) is 0 Å². The quantitative estimate of drug-likeness (QED) is 0.0507. The van der Waals surface area contributed by atoms with Gasteiger partial charge in [0, 0.05) is 12.0 Å². The lowest BCUT2D eigenvalue weighted by molar-refractivity contribution is -0.274. The van der Waals surface area contributed by atoms with Gasteiger partial charge in [0.05, 0.1) is 17.7 Å². The number of rotatable bonds is 19. The molecule has 14 heteroatoms. The number of nitrogens with one attached hydrogen (secondary N) is 1. The first-order chi connectivity index (χ1) is 27.7. The lowest BCUT2D eigenvalue weighted by Crippen LogP contribution is -2.49. The largest absolute Gasteiger partial charge is 0.573 e. The number of hydrogen-bond donors (Lipinski definition) is 1. The first kappa shape index (κ1) is 43.7. The zero-order valence-corrected chi connectivity index (χ0v) is 32.5. The van der Waals surface area contributed by atoms with Crippen LogP contribution < -0.4 is 14.8 Å². The first-order valence-electron chi connectivity index (χ1n) is 18.5. The fraction of sp³-hybridized carbons (Fsp3) is 0.295. The summed E-state index contributed by atoms with van der Waals surface area (Å²) in [5.41, 5.74) is 0.527. The third-order valence-corrected chi connectivity index (χ3v) is 10.5. The fourth-order valence-corrected chi connectivity index (χ4v) is 7.52. The predicted molar refractivity (Wildman–Crippen MR) is 208 cm³/mol. The standard InChI is InChI=1S/C44H42F6NO6P/c1-42(51-41(52)55-30-35-15-7-3-8-16-35,31-56-58(53)40(36-19-9-4-10-20-36)29-33-13-5-2-6-14-33)25-24-34-22-23-39(38(28-34)43(45,46)47)54-26-12-18-32-17-11-21-37(27-32)57-44(48,49)50/h2-11,13-17,19-23,27-28,40H,12,18,24-26,29-31H2,1H3/p+1. The number of amides is 1. The van der Waals surface area contributed by atoms with Crippen molar-refractivity contribution in [2.75, 3.05) is 13.2 Å². The number of hydrogen-bond acceptors (Lipinski definition) is 6. The van der Waals surface area contributed by atoms with E-state index in [0.717, 1.165) is 28.8 Å². The monoisotopic (exact) mass is 826 g/mol. The molecular formula is C44H43F6NO6P+. The van der Waals surface area contributed by atoms with Gasteiger partial charge in [-0.3, -0.25) is 0 Å². The fourth-order valence-electron chi connectivity index (χ4n) is 6.16. The van der Waals surface area contributed by atoms with E-state index in [0.29, 0.717) is 17.5 Å². The zero-order chi connectivity index (χ0) is 41.6. The molecule has 0 heterocycles. The average molecular weight is 827 g/mol. The van der Waals surface area contributed by atoms with Crippen LogP contribution in [0.25, 0.3) is 0 Å². The van der Waals surface area contributed by atoms with Crippen LogP contribution in [-0.2, 0) is 45.9 Å². The molecule has 5 aromatic rings. The molecule has 0 fully saturated rings. The maximum atomic E-state index is 14.3. The maximum absolute atomic E-state index is 14.3. The highest BCUT2D eigenvalue weighted by atomic mass is 31.1. The predicted octanol–water partition coefficient (Wildman–Crippen LogP) is 12.0. The van der Waals surface area contributed by atoms with Gasteiger partial charge in [-0.15, -0.1) is 17.7 Å². The lowest BCUT2D eigenvalue weighted by atomic mass is 9.93. The highest BCUT2D eigenvalue weighted by Gasteiger charge is 2.39. The van der Waals surface area contributed by atoms with Crippen molar-refractivity contribution in [3.05, 3.63) is 167 Å². The molecule has 0 aromatic heterocycles. The number of benzene rings is 5. The van der Waals surface area contributed by atoms with E-state index in [-0.39, 0.29) is 45.5 Å². The van der Waals surface area contributed by atoms with Gasteiger partial charge < -0.3 is 19.5 Å². The Hall–Kier alpha value is -5.39. The Morgan fingerprint density at radius 2 is 1.34 bits per heavy atom. The number of halogens is 6. The molecule has 0 aliphatic rings. The average Bonchev–Trinajstić information content (AvgIpc) is 3.19. The van der Waals surface area contributed by atoms with Crippen molar-refractivity contribution in [1.29, 1.82) is 0 Å². The number of aryl methyl sites for hydroxylation is 2. The smallest absolute Gasteiger partial charge is 0.493 e. The summed E-state index contributed by atoms with van der Waals surface area (Å²) in [7, 11) is -2.36. The van der Waals surface area contributed by atoms with Crippen molar-refractivity contribution in [2.45, 2.75) is 69.4 Å². The van der Waals surface area contributed by atoms with Crippen molar-refractivity contribution in [2.24, 2.45) is 0 Å². The van der Waals surface area contributed by atoms with Gasteiger partial charge in [0.1, 0.15) is 24.7 Å². The van der Waals surface area contributed by atoms with Crippen LogP contribution in [0.5, 0.6) is 11.5 Å². The van der Waals surface area contributed by atoms with E-state index >= 15 is 0 Å². The summed E-state index contributed by atoms with van der Waals surface area (Å²) in [5.74, 6) is -0.794. The third-order valence-electron chi connectivity index (χ3n) is 9.15. The van der Waals surface area contributed by atoms with Crippen molar-refractivity contribution in [3.8, 4) is 11.5 Å². The van der Waals surface area contributed by atoms with E-state index in [1.165, 1.54) is 24.3 Å². The Kier molecular flexibility index (Phi) is 15.3. The minimum absolute atomic E-state index is 0.0275. The van der Waals surface area contributed by atoms with Gasteiger partial charge in [0.15, 0.2) is 0 Å². The normalized spacial score (nSPS) is 13.5.